The maximum atomic E-state index is 11.1. The summed E-state index contributed by atoms with van der Waals surface area (Å²) in [5.41, 5.74) is 0.784. The van der Waals surface area contributed by atoms with Crippen LogP contribution in [0.1, 0.15) is 25.3 Å². The summed E-state index contributed by atoms with van der Waals surface area (Å²) in [6, 6.07) is 2.13. The van der Waals surface area contributed by atoms with E-state index in [0.29, 0.717) is 0 Å². The third-order valence-electron chi connectivity index (χ3n) is 3.50. The van der Waals surface area contributed by atoms with E-state index in [1.54, 1.807) is 11.3 Å². The van der Waals surface area contributed by atoms with Gasteiger partial charge in [0.2, 0.25) is 0 Å². The second-order valence-corrected chi connectivity index (χ2v) is 7.19. The number of likely N-dealkylation sites (tertiary alicyclic amines) is 1. The largest absolute Gasteiger partial charge is 0.481 e. The Morgan fingerprint density at radius 3 is 2.71 bits per heavy atom. The molecule has 1 aliphatic rings. The molecule has 0 atom stereocenters. The fourth-order valence-electron chi connectivity index (χ4n) is 2.11. The predicted molar refractivity (Wildman–Crippen MR) is 72.3 cm³/mol. The maximum absolute atomic E-state index is 11.1. The van der Waals surface area contributed by atoms with E-state index in [1.807, 2.05) is 6.92 Å². The smallest absolute Gasteiger partial charge is 0.309 e. The van der Waals surface area contributed by atoms with Crippen molar-refractivity contribution in [1.82, 2.24) is 4.90 Å². The van der Waals surface area contributed by atoms with E-state index in [2.05, 4.69) is 32.3 Å². The molecular weight excluding hydrogens is 302 g/mol. The van der Waals surface area contributed by atoms with Crippen LogP contribution in [0.3, 0.4) is 0 Å². The molecule has 2 heterocycles. The lowest BCUT2D eigenvalue weighted by Gasteiger charge is -2.36. The van der Waals surface area contributed by atoms with Crippen LogP contribution < -0.4 is 0 Å². The number of aliphatic carboxylic acids is 1. The van der Waals surface area contributed by atoms with Gasteiger partial charge in [0.15, 0.2) is 0 Å². The van der Waals surface area contributed by atoms with Gasteiger partial charge in [0, 0.05) is 6.54 Å². The van der Waals surface area contributed by atoms with Gasteiger partial charge in [-0.1, -0.05) is 0 Å². The highest BCUT2D eigenvalue weighted by atomic mass is 79.9. The second-order valence-electron chi connectivity index (χ2n) is 4.90. The summed E-state index contributed by atoms with van der Waals surface area (Å²) in [6.45, 7) is 4.53. The minimum atomic E-state index is -0.657. The zero-order chi connectivity index (χ0) is 12.5. The van der Waals surface area contributed by atoms with Crippen LogP contribution in [0.25, 0.3) is 0 Å². The lowest BCUT2D eigenvalue weighted by atomic mass is 9.80. The molecule has 5 heteroatoms. The van der Waals surface area contributed by atoms with Crippen molar-refractivity contribution >= 4 is 33.2 Å². The van der Waals surface area contributed by atoms with Crippen molar-refractivity contribution in [1.29, 1.82) is 0 Å². The van der Waals surface area contributed by atoms with E-state index in [4.69, 9.17) is 5.11 Å². The molecule has 0 aromatic carbocycles. The van der Waals surface area contributed by atoms with Gasteiger partial charge in [0.1, 0.15) is 0 Å². The Hall–Kier alpha value is -0.390. The number of carboxylic acids is 1. The molecule has 1 N–H and O–H groups in total. The highest BCUT2D eigenvalue weighted by molar-refractivity contribution is 9.11. The van der Waals surface area contributed by atoms with Crippen molar-refractivity contribution in [2.24, 2.45) is 5.41 Å². The molecule has 1 saturated heterocycles. The average Bonchev–Trinajstić information content (AvgIpc) is 2.67. The molecule has 0 amide bonds. The highest BCUT2D eigenvalue weighted by Crippen LogP contribution is 2.32. The molecule has 3 nitrogen and oxygen atoms in total. The molecule has 17 heavy (non-hydrogen) atoms. The van der Waals surface area contributed by atoms with E-state index in [-0.39, 0.29) is 0 Å². The van der Waals surface area contributed by atoms with Crippen LogP contribution in [0.4, 0.5) is 0 Å². The van der Waals surface area contributed by atoms with Crippen molar-refractivity contribution in [3.8, 4) is 0 Å². The summed E-state index contributed by atoms with van der Waals surface area (Å²) in [4.78, 5) is 13.5. The average molecular weight is 318 g/mol. The monoisotopic (exact) mass is 317 g/mol. The fourth-order valence-corrected chi connectivity index (χ4v) is 3.31. The zero-order valence-electron chi connectivity index (χ0n) is 9.78. The molecule has 1 aliphatic heterocycles. The number of hydrogen-bond donors (Lipinski definition) is 1. The Morgan fingerprint density at radius 2 is 2.24 bits per heavy atom. The zero-order valence-corrected chi connectivity index (χ0v) is 12.2. The van der Waals surface area contributed by atoms with Gasteiger partial charge < -0.3 is 5.11 Å². The van der Waals surface area contributed by atoms with Crippen LogP contribution in [0, 0.1) is 5.41 Å². The molecule has 94 valence electrons. The van der Waals surface area contributed by atoms with Gasteiger partial charge in [-0.25, -0.2) is 0 Å². The van der Waals surface area contributed by atoms with Gasteiger partial charge in [0.05, 0.1) is 9.20 Å². The molecule has 2 rings (SSSR count). The van der Waals surface area contributed by atoms with Crippen molar-refractivity contribution in [3.05, 3.63) is 20.8 Å². The van der Waals surface area contributed by atoms with Gasteiger partial charge >= 0.3 is 5.97 Å². The van der Waals surface area contributed by atoms with Gasteiger partial charge in [-0.05, 0) is 65.8 Å². The fraction of sp³-hybridized carbons (Fsp3) is 0.583. The first-order valence-electron chi connectivity index (χ1n) is 5.68. The molecule has 0 spiro atoms. The lowest BCUT2D eigenvalue weighted by Crippen LogP contribution is -2.42. The topological polar surface area (TPSA) is 40.5 Å². The summed E-state index contributed by atoms with van der Waals surface area (Å²) >= 11 is 5.15. The summed E-state index contributed by atoms with van der Waals surface area (Å²) in [6.07, 6.45) is 1.49. The number of rotatable bonds is 3. The number of carbonyl (C=O) groups is 1. The van der Waals surface area contributed by atoms with Crippen molar-refractivity contribution in [2.75, 3.05) is 13.1 Å². The van der Waals surface area contributed by atoms with E-state index in [1.165, 1.54) is 5.56 Å². The van der Waals surface area contributed by atoms with E-state index in [0.717, 1.165) is 36.3 Å². The van der Waals surface area contributed by atoms with Crippen LogP contribution in [0.2, 0.25) is 0 Å². The van der Waals surface area contributed by atoms with Crippen LogP contribution in [0.5, 0.6) is 0 Å². The standard InChI is InChI=1S/C12H16BrNO2S/c1-12(11(15)16)2-4-14(5-3-12)7-9-6-10(13)17-8-9/h6,8H,2-5,7H2,1H3,(H,15,16). The molecule has 1 aromatic rings. The predicted octanol–water partition coefficient (Wildman–Crippen LogP) is 3.20. The molecule has 1 aromatic heterocycles. The van der Waals surface area contributed by atoms with Crippen LogP contribution in [-0.2, 0) is 11.3 Å². The first-order valence-corrected chi connectivity index (χ1v) is 7.35. The Balaban J connectivity index is 1.89. The molecule has 0 radical (unpaired) electrons. The third-order valence-corrected chi connectivity index (χ3v) is 5.06. The first-order chi connectivity index (χ1) is 7.99. The van der Waals surface area contributed by atoms with Crippen LogP contribution >= 0.6 is 27.3 Å². The number of hydrogen-bond acceptors (Lipinski definition) is 3. The number of nitrogens with zero attached hydrogens (tertiary/aromatic N) is 1. The number of halogens is 1. The number of carboxylic acid groups (broad SMARTS) is 1. The SMILES string of the molecule is CC1(C(=O)O)CCN(Cc2csc(Br)c2)CC1. The lowest BCUT2D eigenvalue weighted by molar-refractivity contribution is -0.150. The Labute approximate surface area is 114 Å². The summed E-state index contributed by atoms with van der Waals surface area (Å²) < 4.78 is 1.15. The van der Waals surface area contributed by atoms with E-state index in [9.17, 15) is 4.79 Å². The molecular formula is C12H16BrNO2S. The van der Waals surface area contributed by atoms with E-state index >= 15 is 0 Å². The third kappa shape index (κ3) is 3.09. The van der Waals surface area contributed by atoms with Crippen LogP contribution in [-0.4, -0.2) is 29.1 Å². The van der Waals surface area contributed by atoms with Gasteiger partial charge in [0.25, 0.3) is 0 Å². The Kier molecular flexibility index (Phi) is 3.90. The summed E-state index contributed by atoms with van der Waals surface area (Å²) in [7, 11) is 0. The summed E-state index contributed by atoms with van der Waals surface area (Å²) in [5, 5.41) is 11.3. The van der Waals surface area contributed by atoms with Gasteiger partial charge in [-0.2, -0.15) is 0 Å². The molecule has 1 fully saturated rings. The van der Waals surface area contributed by atoms with E-state index < -0.39 is 11.4 Å². The number of piperidine rings is 1. The van der Waals surface area contributed by atoms with Crippen molar-refractivity contribution in [2.45, 2.75) is 26.3 Å². The number of thiophene rings is 1. The second kappa shape index (κ2) is 5.08. The first kappa shape index (κ1) is 13.1. The van der Waals surface area contributed by atoms with Crippen LogP contribution in [0.15, 0.2) is 15.2 Å². The highest BCUT2D eigenvalue weighted by Gasteiger charge is 2.36. The molecule has 0 unspecified atom stereocenters. The Bertz CT molecular complexity index is 410. The van der Waals surface area contributed by atoms with Crippen molar-refractivity contribution < 1.29 is 9.90 Å². The quantitative estimate of drug-likeness (QED) is 0.930. The van der Waals surface area contributed by atoms with Gasteiger partial charge in [-0.3, -0.25) is 9.69 Å². The normalized spacial score (nSPS) is 20.4. The molecule has 0 aliphatic carbocycles. The minimum absolute atomic E-state index is 0.522. The molecule has 0 bridgehead atoms. The summed E-state index contributed by atoms with van der Waals surface area (Å²) in [5.74, 6) is -0.657. The maximum Gasteiger partial charge on any atom is 0.309 e. The van der Waals surface area contributed by atoms with Gasteiger partial charge in [-0.15, -0.1) is 11.3 Å². The van der Waals surface area contributed by atoms with Crippen molar-refractivity contribution in [3.63, 3.8) is 0 Å². The molecule has 0 saturated carbocycles. The Morgan fingerprint density at radius 1 is 1.59 bits per heavy atom. The minimum Gasteiger partial charge on any atom is -0.481 e.